The highest BCUT2D eigenvalue weighted by Gasteiger charge is 2.28. The molecule has 0 saturated heterocycles. The van der Waals surface area contributed by atoms with Crippen molar-refractivity contribution in [1.82, 2.24) is 0 Å². The fraction of sp³-hybridized carbons (Fsp3) is 0.385. The molecule has 2 nitrogen and oxygen atoms in total. The number of nitrogens with two attached hydrogens (primary N) is 1. The molecule has 1 unspecified atom stereocenters. The van der Waals surface area contributed by atoms with Crippen molar-refractivity contribution >= 4 is 22.6 Å². The molecule has 0 aromatic heterocycles. The molecule has 1 aromatic rings. The molecule has 1 aromatic carbocycles. The van der Waals surface area contributed by atoms with Crippen molar-refractivity contribution < 1.29 is 8.60 Å². The molecule has 1 rings (SSSR count). The number of benzene rings is 1. The second kappa shape index (κ2) is 5.95. The van der Waals surface area contributed by atoms with E-state index >= 15 is 0 Å². The van der Waals surface area contributed by atoms with Crippen LogP contribution in [0.5, 0.6) is 0 Å². The van der Waals surface area contributed by atoms with E-state index in [2.05, 4.69) is 6.58 Å². The molecule has 2 N–H and O–H groups in total. The van der Waals surface area contributed by atoms with Gasteiger partial charge in [0.25, 0.3) is 0 Å². The van der Waals surface area contributed by atoms with E-state index in [1.165, 1.54) is 6.07 Å². The molecule has 0 aliphatic heterocycles. The maximum atomic E-state index is 13.9. The predicted molar refractivity (Wildman–Crippen MR) is 75.4 cm³/mol. The zero-order valence-electron chi connectivity index (χ0n) is 10.5. The Bertz CT molecular complexity index is 476. The molecule has 0 radical (unpaired) electrons. The highest BCUT2D eigenvalue weighted by molar-refractivity contribution is 7.84. The monoisotopic (exact) mass is 289 g/mol. The fourth-order valence-electron chi connectivity index (χ4n) is 1.74. The SMILES string of the molecule is C=C[C@@H](CC(C)(C)S(N)=O)c1cccc(Cl)c1F. The zero-order valence-corrected chi connectivity index (χ0v) is 12.0. The van der Waals surface area contributed by atoms with Gasteiger partial charge in [-0.25, -0.2) is 8.60 Å². The predicted octanol–water partition coefficient (Wildman–Crippen LogP) is 3.54. The molecule has 18 heavy (non-hydrogen) atoms. The topological polar surface area (TPSA) is 43.1 Å². The maximum absolute atomic E-state index is 13.9. The Morgan fingerprint density at radius 2 is 2.22 bits per heavy atom. The second-order valence-electron chi connectivity index (χ2n) is 4.75. The van der Waals surface area contributed by atoms with Crippen molar-refractivity contribution in [3.05, 3.63) is 47.3 Å². The van der Waals surface area contributed by atoms with Crippen LogP contribution in [0, 0.1) is 5.82 Å². The maximum Gasteiger partial charge on any atom is 0.145 e. The molecular weight excluding hydrogens is 273 g/mol. The van der Waals surface area contributed by atoms with Crippen molar-refractivity contribution in [1.29, 1.82) is 0 Å². The highest BCUT2D eigenvalue weighted by Crippen LogP contribution is 2.33. The van der Waals surface area contributed by atoms with Gasteiger partial charge in [-0.1, -0.05) is 29.8 Å². The Labute approximate surface area is 115 Å². The van der Waals surface area contributed by atoms with Crippen molar-refractivity contribution in [2.45, 2.75) is 30.9 Å². The molecule has 100 valence electrons. The Balaban J connectivity index is 3.08. The third kappa shape index (κ3) is 3.40. The summed E-state index contributed by atoms with van der Waals surface area (Å²) >= 11 is 5.75. The largest absolute Gasteiger partial charge is 0.251 e. The minimum absolute atomic E-state index is 0.0750. The van der Waals surface area contributed by atoms with Crippen LogP contribution < -0.4 is 5.14 Å². The normalized spacial score (nSPS) is 15.2. The van der Waals surface area contributed by atoms with Crippen molar-refractivity contribution in [2.24, 2.45) is 5.14 Å². The lowest BCUT2D eigenvalue weighted by molar-refractivity contribution is 0.539. The average Bonchev–Trinajstić information content (AvgIpc) is 2.30. The first-order valence-electron chi connectivity index (χ1n) is 5.52. The Morgan fingerprint density at radius 1 is 1.61 bits per heavy atom. The molecule has 0 aliphatic rings. The molecule has 5 heteroatoms. The molecule has 0 spiro atoms. The van der Waals surface area contributed by atoms with Gasteiger partial charge in [-0.2, -0.15) is 0 Å². The number of halogens is 2. The molecule has 0 saturated carbocycles. The van der Waals surface area contributed by atoms with Gasteiger partial charge in [-0.3, -0.25) is 5.14 Å². The molecule has 0 amide bonds. The lowest BCUT2D eigenvalue weighted by atomic mass is 9.89. The first kappa shape index (κ1) is 15.3. The van der Waals surface area contributed by atoms with Gasteiger partial charge in [0, 0.05) is 5.92 Å². The zero-order chi connectivity index (χ0) is 13.9. The summed E-state index contributed by atoms with van der Waals surface area (Å²) in [5.74, 6) is -0.728. The fourth-order valence-corrected chi connectivity index (χ4v) is 2.26. The summed E-state index contributed by atoms with van der Waals surface area (Å²) in [5.41, 5.74) is 0.455. The van der Waals surface area contributed by atoms with Gasteiger partial charge in [-0.15, -0.1) is 6.58 Å². The summed E-state index contributed by atoms with van der Waals surface area (Å²) < 4.78 is 24.7. The van der Waals surface area contributed by atoms with Crippen LogP contribution in [0.3, 0.4) is 0 Å². The number of hydrogen-bond donors (Lipinski definition) is 1. The number of hydrogen-bond acceptors (Lipinski definition) is 1. The summed E-state index contributed by atoms with van der Waals surface area (Å²) in [6.07, 6.45) is 2.07. The Hall–Kier alpha value is -0.710. The van der Waals surface area contributed by atoms with Gasteiger partial charge in [0.05, 0.1) is 20.8 Å². The molecule has 0 aliphatic carbocycles. The van der Waals surface area contributed by atoms with Gasteiger partial charge in [0.2, 0.25) is 0 Å². The lowest BCUT2D eigenvalue weighted by Gasteiger charge is -2.26. The minimum atomic E-state index is -1.49. The summed E-state index contributed by atoms with van der Waals surface area (Å²) in [5, 5.41) is 5.51. The van der Waals surface area contributed by atoms with Crippen molar-refractivity contribution in [2.75, 3.05) is 0 Å². The molecule has 0 heterocycles. The van der Waals surface area contributed by atoms with Gasteiger partial charge in [0.15, 0.2) is 0 Å². The van der Waals surface area contributed by atoms with Gasteiger partial charge < -0.3 is 0 Å². The third-order valence-electron chi connectivity index (χ3n) is 2.92. The van der Waals surface area contributed by atoms with Crippen LogP contribution in [-0.2, 0) is 11.0 Å². The van der Waals surface area contributed by atoms with Crippen molar-refractivity contribution in [3.8, 4) is 0 Å². The molecule has 0 bridgehead atoms. The van der Waals surface area contributed by atoms with Crippen LogP contribution in [0.25, 0.3) is 0 Å². The van der Waals surface area contributed by atoms with E-state index in [0.717, 1.165) is 0 Å². The van der Waals surface area contributed by atoms with Gasteiger partial charge in [-0.05, 0) is 31.9 Å². The molecule has 2 atom stereocenters. The van der Waals surface area contributed by atoms with E-state index in [-0.39, 0.29) is 10.9 Å². The van der Waals surface area contributed by atoms with Crippen LogP contribution in [0.15, 0.2) is 30.9 Å². The van der Waals surface area contributed by atoms with Crippen LogP contribution in [0.1, 0.15) is 31.7 Å². The van der Waals surface area contributed by atoms with E-state index in [0.29, 0.717) is 12.0 Å². The Morgan fingerprint density at radius 3 is 2.72 bits per heavy atom. The smallest absolute Gasteiger partial charge is 0.145 e. The van der Waals surface area contributed by atoms with Crippen LogP contribution >= 0.6 is 11.6 Å². The van der Waals surface area contributed by atoms with E-state index in [4.69, 9.17) is 16.7 Å². The van der Waals surface area contributed by atoms with Crippen LogP contribution in [0.4, 0.5) is 4.39 Å². The van der Waals surface area contributed by atoms with E-state index in [9.17, 15) is 8.60 Å². The minimum Gasteiger partial charge on any atom is -0.251 e. The lowest BCUT2D eigenvalue weighted by Crippen LogP contribution is -2.33. The third-order valence-corrected chi connectivity index (χ3v) is 4.47. The standard InChI is InChI=1S/C13H17ClFNOS/c1-4-9(8-13(2,3)18(16)17)10-6-5-7-11(14)12(10)15/h4-7,9H,1,8,16H2,2-3H3/t9-,18?/m0/s1. The summed E-state index contributed by atoms with van der Waals surface area (Å²) in [6, 6.07) is 4.83. The summed E-state index contributed by atoms with van der Waals surface area (Å²) in [7, 11) is -1.49. The molecular formula is C13H17ClFNOS. The van der Waals surface area contributed by atoms with Gasteiger partial charge in [0.1, 0.15) is 5.82 Å². The first-order valence-corrected chi connectivity index (χ1v) is 7.11. The number of allylic oxidation sites excluding steroid dienone is 1. The average molecular weight is 290 g/mol. The second-order valence-corrected chi connectivity index (χ2v) is 6.85. The number of rotatable bonds is 5. The van der Waals surface area contributed by atoms with E-state index in [1.54, 1.807) is 32.1 Å². The first-order chi connectivity index (χ1) is 8.29. The summed E-state index contributed by atoms with van der Waals surface area (Å²) in [6.45, 7) is 7.26. The van der Waals surface area contributed by atoms with Crippen LogP contribution in [-0.4, -0.2) is 8.96 Å². The van der Waals surface area contributed by atoms with Crippen molar-refractivity contribution in [3.63, 3.8) is 0 Å². The quantitative estimate of drug-likeness (QED) is 0.828. The van der Waals surface area contributed by atoms with Gasteiger partial charge >= 0.3 is 0 Å². The Kier molecular flexibility index (Phi) is 5.08. The molecule has 0 fully saturated rings. The van der Waals surface area contributed by atoms with E-state index in [1.807, 2.05) is 0 Å². The van der Waals surface area contributed by atoms with E-state index < -0.39 is 21.5 Å². The highest BCUT2D eigenvalue weighted by atomic mass is 35.5. The van der Waals surface area contributed by atoms with Crippen LogP contribution in [0.2, 0.25) is 5.02 Å². The summed E-state index contributed by atoms with van der Waals surface area (Å²) in [4.78, 5) is 0.